The zero-order chi connectivity index (χ0) is 14.0. The highest BCUT2D eigenvalue weighted by Gasteiger charge is 2.37. The van der Waals surface area contributed by atoms with Crippen LogP contribution in [0.1, 0.15) is 36.2 Å². The van der Waals surface area contributed by atoms with E-state index in [0.29, 0.717) is 24.2 Å². The van der Waals surface area contributed by atoms with E-state index in [1.54, 1.807) is 12.3 Å². The van der Waals surface area contributed by atoms with Crippen LogP contribution in [-0.2, 0) is 4.74 Å². The molecule has 0 aliphatic heterocycles. The summed E-state index contributed by atoms with van der Waals surface area (Å²) in [5.41, 5.74) is 1.52. The standard InChI is InChI=1S/C15H15N3O2/c1-2-5-15(6-3-7-15)10-20-14(19)12-9-17-13-11(18-12)4-8-16-13/h1,4,8-9H,3,5-7,10H2,(H,16,17). The lowest BCUT2D eigenvalue weighted by Crippen LogP contribution is -2.35. The molecule has 2 aromatic heterocycles. The van der Waals surface area contributed by atoms with Crippen molar-refractivity contribution in [3.05, 3.63) is 24.2 Å². The summed E-state index contributed by atoms with van der Waals surface area (Å²) < 4.78 is 5.37. The number of nitrogens with zero attached hydrogens (tertiary/aromatic N) is 2. The number of aromatic amines is 1. The Labute approximate surface area is 116 Å². The molecule has 1 N–H and O–H groups in total. The fourth-order valence-electron chi connectivity index (χ4n) is 2.49. The van der Waals surface area contributed by atoms with Crippen LogP contribution in [0, 0.1) is 17.8 Å². The van der Waals surface area contributed by atoms with Gasteiger partial charge in [-0.3, -0.25) is 0 Å². The molecule has 1 aliphatic rings. The Morgan fingerprint density at radius 1 is 1.55 bits per heavy atom. The maximum Gasteiger partial charge on any atom is 0.358 e. The van der Waals surface area contributed by atoms with Gasteiger partial charge in [0.2, 0.25) is 0 Å². The van der Waals surface area contributed by atoms with E-state index in [-0.39, 0.29) is 11.1 Å². The molecule has 5 nitrogen and oxygen atoms in total. The van der Waals surface area contributed by atoms with E-state index in [1.165, 1.54) is 6.20 Å². The van der Waals surface area contributed by atoms with Crippen molar-refractivity contribution in [3.8, 4) is 12.3 Å². The number of ether oxygens (including phenoxy) is 1. The van der Waals surface area contributed by atoms with Gasteiger partial charge in [0.15, 0.2) is 11.3 Å². The highest BCUT2D eigenvalue weighted by atomic mass is 16.5. The van der Waals surface area contributed by atoms with Gasteiger partial charge >= 0.3 is 5.97 Å². The van der Waals surface area contributed by atoms with Gasteiger partial charge in [0.1, 0.15) is 5.52 Å². The van der Waals surface area contributed by atoms with Crippen LogP contribution in [0.25, 0.3) is 11.2 Å². The maximum atomic E-state index is 12.0. The van der Waals surface area contributed by atoms with Crippen LogP contribution >= 0.6 is 0 Å². The molecule has 2 aromatic rings. The van der Waals surface area contributed by atoms with Gasteiger partial charge in [-0.25, -0.2) is 14.8 Å². The number of fused-ring (bicyclic) bond motifs is 1. The van der Waals surface area contributed by atoms with E-state index in [1.807, 2.05) is 0 Å². The molecule has 0 amide bonds. The predicted molar refractivity (Wildman–Crippen MR) is 73.9 cm³/mol. The molecule has 1 saturated carbocycles. The van der Waals surface area contributed by atoms with Crippen molar-refractivity contribution in [2.24, 2.45) is 5.41 Å². The molecule has 1 aliphatic carbocycles. The number of hydrogen-bond acceptors (Lipinski definition) is 4. The minimum Gasteiger partial charge on any atom is -0.460 e. The molecule has 0 unspecified atom stereocenters. The Kier molecular flexibility index (Phi) is 3.15. The number of hydrogen-bond donors (Lipinski definition) is 1. The van der Waals surface area contributed by atoms with Crippen LogP contribution in [-0.4, -0.2) is 27.5 Å². The third-order valence-electron chi connectivity index (χ3n) is 3.87. The fourth-order valence-corrected chi connectivity index (χ4v) is 2.49. The summed E-state index contributed by atoms with van der Waals surface area (Å²) in [6.45, 7) is 0.364. The summed E-state index contributed by atoms with van der Waals surface area (Å²) in [5.74, 6) is 2.23. The number of aromatic nitrogens is 3. The van der Waals surface area contributed by atoms with E-state index in [9.17, 15) is 4.79 Å². The maximum absolute atomic E-state index is 12.0. The first-order valence-electron chi connectivity index (χ1n) is 6.63. The van der Waals surface area contributed by atoms with Crippen LogP contribution in [0.5, 0.6) is 0 Å². The van der Waals surface area contributed by atoms with Crippen LogP contribution in [0.3, 0.4) is 0 Å². The van der Waals surface area contributed by atoms with Crippen molar-refractivity contribution in [2.75, 3.05) is 6.61 Å². The highest BCUT2D eigenvalue weighted by molar-refractivity contribution is 5.89. The lowest BCUT2D eigenvalue weighted by molar-refractivity contribution is 0.00369. The number of carbonyl (C=O) groups excluding carboxylic acids is 1. The number of terminal acetylenes is 1. The molecule has 20 heavy (non-hydrogen) atoms. The lowest BCUT2D eigenvalue weighted by Gasteiger charge is -2.39. The minimum absolute atomic E-state index is 0.0178. The first-order chi connectivity index (χ1) is 9.72. The SMILES string of the molecule is C#CCC1(COC(=O)c2cnc3[nH]ccc3n2)CCC1. The van der Waals surface area contributed by atoms with Crippen molar-refractivity contribution in [3.63, 3.8) is 0 Å². The molecule has 3 rings (SSSR count). The van der Waals surface area contributed by atoms with Crippen LogP contribution < -0.4 is 0 Å². The molecule has 102 valence electrons. The molecule has 0 bridgehead atoms. The summed E-state index contributed by atoms with van der Waals surface area (Å²) in [7, 11) is 0. The molecule has 0 radical (unpaired) electrons. The van der Waals surface area contributed by atoms with Crippen molar-refractivity contribution < 1.29 is 9.53 Å². The molecule has 0 saturated heterocycles. The van der Waals surface area contributed by atoms with Gasteiger partial charge in [-0.2, -0.15) is 0 Å². The Bertz CT molecular complexity index is 680. The third kappa shape index (κ3) is 2.25. The minimum atomic E-state index is -0.441. The average Bonchev–Trinajstić information content (AvgIpc) is 2.88. The largest absolute Gasteiger partial charge is 0.460 e. The molecule has 0 aromatic carbocycles. The van der Waals surface area contributed by atoms with Crippen molar-refractivity contribution in [1.82, 2.24) is 15.0 Å². The number of H-pyrrole nitrogens is 1. The highest BCUT2D eigenvalue weighted by Crippen LogP contribution is 2.43. The summed E-state index contributed by atoms with van der Waals surface area (Å²) in [6, 6.07) is 1.77. The normalized spacial score (nSPS) is 16.4. The van der Waals surface area contributed by atoms with E-state index in [2.05, 4.69) is 20.9 Å². The Hall–Kier alpha value is -2.35. The number of esters is 1. The number of rotatable bonds is 4. The Balaban J connectivity index is 1.68. The second kappa shape index (κ2) is 4.97. The van der Waals surface area contributed by atoms with Crippen LogP contribution in [0.15, 0.2) is 18.5 Å². The number of carbonyl (C=O) groups is 1. The lowest BCUT2D eigenvalue weighted by atomic mass is 9.67. The van der Waals surface area contributed by atoms with Gasteiger partial charge in [0.25, 0.3) is 0 Å². The zero-order valence-corrected chi connectivity index (χ0v) is 11.1. The first-order valence-corrected chi connectivity index (χ1v) is 6.63. The van der Waals surface area contributed by atoms with Gasteiger partial charge in [-0.05, 0) is 18.9 Å². The third-order valence-corrected chi connectivity index (χ3v) is 3.87. The Morgan fingerprint density at radius 3 is 3.10 bits per heavy atom. The van der Waals surface area contributed by atoms with Gasteiger partial charge in [-0.15, -0.1) is 12.3 Å². The van der Waals surface area contributed by atoms with Gasteiger partial charge in [0.05, 0.1) is 12.8 Å². The summed E-state index contributed by atoms with van der Waals surface area (Å²) in [4.78, 5) is 23.3. The molecule has 1 fully saturated rings. The number of nitrogens with one attached hydrogen (secondary N) is 1. The monoisotopic (exact) mass is 269 g/mol. The van der Waals surface area contributed by atoms with E-state index >= 15 is 0 Å². The van der Waals surface area contributed by atoms with Gasteiger partial charge in [-0.1, -0.05) is 6.42 Å². The van der Waals surface area contributed by atoms with Crippen LogP contribution in [0.4, 0.5) is 0 Å². The predicted octanol–water partition coefficient (Wildman–Crippen LogP) is 2.31. The molecule has 0 atom stereocenters. The molecule has 2 heterocycles. The Morgan fingerprint density at radius 2 is 2.40 bits per heavy atom. The van der Waals surface area contributed by atoms with Gasteiger partial charge in [0, 0.05) is 18.0 Å². The quantitative estimate of drug-likeness (QED) is 0.683. The topological polar surface area (TPSA) is 67.9 Å². The molecule has 5 heteroatoms. The average molecular weight is 269 g/mol. The van der Waals surface area contributed by atoms with E-state index in [0.717, 1.165) is 19.3 Å². The first kappa shape index (κ1) is 12.7. The van der Waals surface area contributed by atoms with Crippen molar-refractivity contribution in [1.29, 1.82) is 0 Å². The van der Waals surface area contributed by atoms with E-state index < -0.39 is 5.97 Å². The molecular formula is C15H15N3O2. The zero-order valence-electron chi connectivity index (χ0n) is 11.1. The van der Waals surface area contributed by atoms with Crippen LogP contribution in [0.2, 0.25) is 0 Å². The van der Waals surface area contributed by atoms with Crippen molar-refractivity contribution >= 4 is 17.1 Å². The summed E-state index contributed by atoms with van der Waals surface area (Å²) >= 11 is 0. The molecular weight excluding hydrogens is 254 g/mol. The summed E-state index contributed by atoms with van der Waals surface area (Å²) in [6.07, 6.45) is 12.4. The smallest absolute Gasteiger partial charge is 0.358 e. The summed E-state index contributed by atoms with van der Waals surface area (Å²) in [5, 5.41) is 0. The van der Waals surface area contributed by atoms with Crippen molar-refractivity contribution in [2.45, 2.75) is 25.7 Å². The molecule has 0 spiro atoms. The second-order valence-electron chi connectivity index (χ2n) is 5.28. The van der Waals surface area contributed by atoms with Gasteiger partial charge < -0.3 is 9.72 Å². The fraction of sp³-hybridized carbons (Fsp3) is 0.400. The second-order valence-corrected chi connectivity index (χ2v) is 5.28. The van der Waals surface area contributed by atoms with E-state index in [4.69, 9.17) is 11.2 Å².